The molecule has 0 aliphatic carbocycles. The topological polar surface area (TPSA) is 18.5 Å². The molecule has 2 heteroatoms. The van der Waals surface area contributed by atoms with E-state index in [0.29, 0.717) is 12.0 Å². The molecule has 0 aromatic heterocycles. The van der Waals surface area contributed by atoms with Crippen LogP contribution in [0.4, 0.5) is 0 Å². The van der Waals surface area contributed by atoms with Crippen molar-refractivity contribution < 1.29 is 9.47 Å². The predicted octanol–water partition coefficient (Wildman–Crippen LogP) is 6.19. The van der Waals surface area contributed by atoms with Crippen LogP contribution in [0.1, 0.15) is 83.1 Å². The molecule has 0 heterocycles. The highest BCUT2D eigenvalue weighted by molar-refractivity contribution is 4.46. The van der Waals surface area contributed by atoms with Gasteiger partial charge in [-0.3, -0.25) is 0 Å². The van der Waals surface area contributed by atoms with Gasteiger partial charge in [0.1, 0.15) is 0 Å². The first-order valence-electron chi connectivity index (χ1n) is 6.77. The molecular weight excluding hydrogens is 236 g/mol. The van der Waals surface area contributed by atoms with Crippen LogP contribution < -0.4 is 0 Å². The second-order valence-corrected chi connectivity index (χ2v) is 4.56. The summed E-state index contributed by atoms with van der Waals surface area (Å²) in [4.78, 5) is 0. The summed E-state index contributed by atoms with van der Waals surface area (Å²) in [6, 6.07) is 0. The quantitative estimate of drug-likeness (QED) is 0.494. The summed E-state index contributed by atoms with van der Waals surface area (Å²) >= 11 is 0. The molecule has 0 saturated carbocycles. The van der Waals surface area contributed by atoms with Gasteiger partial charge in [-0.1, -0.05) is 56.9 Å². The number of hydrogen-bond acceptors (Lipinski definition) is 2. The molecule has 0 aromatic rings. The van der Waals surface area contributed by atoms with Gasteiger partial charge in [0.25, 0.3) is 0 Å². The Balaban J connectivity index is -0.0000000607. The second kappa shape index (κ2) is 26.5. The van der Waals surface area contributed by atoms with E-state index in [2.05, 4.69) is 41.5 Å². The summed E-state index contributed by atoms with van der Waals surface area (Å²) in [5.41, 5.74) is 0. The third-order valence-electron chi connectivity index (χ3n) is 1.99. The van der Waals surface area contributed by atoms with Gasteiger partial charge in [-0.05, 0) is 32.1 Å². The van der Waals surface area contributed by atoms with Crippen LogP contribution in [-0.2, 0) is 9.47 Å². The first-order valence-corrected chi connectivity index (χ1v) is 6.77. The molecular formula is C17H44O2. The van der Waals surface area contributed by atoms with E-state index in [-0.39, 0.29) is 22.3 Å². The highest BCUT2D eigenvalue weighted by Crippen LogP contribution is 1.99. The highest BCUT2D eigenvalue weighted by Gasteiger charge is 1.98. The fourth-order valence-electron chi connectivity index (χ4n) is 0.865. The fourth-order valence-corrected chi connectivity index (χ4v) is 0.865. The minimum Gasteiger partial charge on any atom is -0.381 e. The van der Waals surface area contributed by atoms with Gasteiger partial charge in [-0.15, -0.1) is 0 Å². The lowest BCUT2D eigenvalue weighted by Crippen LogP contribution is -2.10. The van der Waals surface area contributed by atoms with Crippen LogP contribution in [0.2, 0.25) is 0 Å². The van der Waals surface area contributed by atoms with Gasteiger partial charge >= 0.3 is 0 Å². The molecule has 0 bridgehead atoms. The van der Waals surface area contributed by atoms with E-state index in [1.165, 1.54) is 0 Å². The molecule has 0 rings (SSSR count). The van der Waals surface area contributed by atoms with Gasteiger partial charge in [0.15, 0.2) is 0 Å². The average Bonchev–Trinajstić information content (AvgIpc) is 2.27. The monoisotopic (exact) mass is 280 g/mol. The fraction of sp³-hybridized carbons (Fsp3) is 1.00. The van der Waals surface area contributed by atoms with Crippen molar-refractivity contribution in [2.75, 3.05) is 19.8 Å². The van der Waals surface area contributed by atoms with Gasteiger partial charge in [0, 0.05) is 19.8 Å². The molecule has 0 aliphatic heterocycles. The van der Waals surface area contributed by atoms with Crippen LogP contribution in [0.15, 0.2) is 0 Å². The molecule has 0 amide bonds. The summed E-state index contributed by atoms with van der Waals surface area (Å²) in [6.07, 6.45) is 3.83. The van der Waals surface area contributed by atoms with Crippen LogP contribution in [0.25, 0.3) is 0 Å². The smallest absolute Gasteiger partial charge is 0.0544 e. The Morgan fingerprint density at radius 1 is 0.789 bits per heavy atom. The zero-order valence-electron chi connectivity index (χ0n) is 12.2. The van der Waals surface area contributed by atoms with Crippen molar-refractivity contribution >= 4 is 0 Å². The Morgan fingerprint density at radius 3 is 1.47 bits per heavy atom. The van der Waals surface area contributed by atoms with Crippen LogP contribution in [0, 0.1) is 5.92 Å². The third kappa shape index (κ3) is 38.1. The van der Waals surface area contributed by atoms with E-state index in [1.54, 1.807) is 0 Å². The zero-order chi connectivity index (χ0) is 12.8. The van der Waals surface area contributed by atoms with Crippen molar-refractivity contribution in [2.45, 2.75) is 89.2 Å². The summed E-state index contributed by atoms with van der Waals surface area (Å²) in [5.74, 6) is 0.666. The minimum absolute atomic E-state index is 0. The molecule has 19 heavy (non-hydrogen) atoms. The van der Waals surface area contributed by atoms with Crippen molar-refractivity contribution in [2.24, 2.45) is 5.92 Å². The van der Waals surface area contributed by atoms with Crippen molar-refractivity contribution in [3.8, 4) is 0 Å². The summed E-state index contributed by atoms with van der Waals surface area (Å²) in [6.45, 7) is 15.6. The lowest BCUT2D eigenvalue weighted by atomic mass is 10.2. The number of hydrogen-bond donors (Lipinski definition) is 0. The number of ether oxygens (including phenoxy) is 2. The molecule has 0 fully saturated rings. The molecule has 0 spiro atoms. The Hall–Kier alpha value is -0.0800. The Labute approximate surface area is 125 Å². The normalized spacial score (nSPS) is 10.3. The molecule has 0 aliphatic rings. The number of rotatable bonds is 8. The van der Waals surface area contributed by atoms with Crippen LogP contribution in [0.3, 0.4) is 0 Å². The largest absolute Gasteiger partial charge is 0.381 e. The Morgan fingerprint density at radius 2 is 1.21 bits per heavy atom. The molecule has 0 radical (unpaired) electrons. The molecule has 0 saturated heterocycles. The predicted molar refractivity (Wildman–Crippen MR) is 92.1 cm³/mol. The maximum absolute atomic E-state index is 5.45. The van der Waals surface area contributed by atoms with Gasteiger partial charge in [-0.2, -0.15) is 0 Å². The Kier molecular flexibility index (Phi) is 43.7. The van der Waals surface area contributed by atoms with Crippen molar-refractivity contribution in [3.63, 3.8) is 0 Å². The van der Waals surface area contributed by atoms with Gasteiger partial charge in [0.2, 0.25) is 0 Å². The Bertz CT molecular complexity index is 110. The van der Waals surface area contributed by atoms with E-state index in [0.717, 1.165) is 39.1 Å². The van der Waals surface area contributed by atoms with Crippen LogP contribution >= 0.6 is 0 Å². The van der Waals surface area contributed by atoms with E-state index in [9.17, 15) is 0 Å². The van der Waals surface area contributed by atoms with Gasteiger partial charge < -0.3 is 9.47 Å². The van der Waals surface area contributed by atoms with E-state index in [4.69, 9.17) is 9.47 Å². The summed E-state index contributed by atoms with van der Waals surface area (Å²) < 4.78 is 10.6. The van der Waals surface area contributed by atoms with Crippen molar-refractivity contribution in [1.82, 2.24) is 0 Å². The molecule has 1 unspecified atom stereocenters. The maximum Gasteiger partial charge on any atom is 0.0544 e. The summed E-state index contributed by atoms with van der Waals surface area (Å²) in [5, 5.41) is 0. The van der Waals surface area contributed by atoms with Crippen LogP contribution in [0.5, 0.6) is 0 Å². The van der Waals surface area contributed by atoms with Gasteiger partial charge in [-0.25, -0.2) is 0 Å². The van der Waals surface area contributed by atoms with E-state index >= 15 is 0 Å². The zero-order valence-corrected chi connectivity index (χ0v) is 12.2. The lowest BCUT2D eigenvalue weighted by Gasteiger charge is -2.11. The highest BCUT2D eigenvalue weighted by atomic mass is 16.5. The van der Waals surface area contributed by atoms with E-state index in [1.807, 2.05) is 0 Å². The van der Waals surface area contributed by atoms with Crippen molar-refractivity contribution in [3.05, 3.63) is 0 Å². The van der Waals surface area contributed by atoms with Crippen molar-refractivity contribution in [1.29, 1.82) is 0 Å². The third-order valence-corrected chi connectivity index (χ3v) is 1.99. The molecule has 1 atom stereocenters. The first kappa shape index (κ1) is 31.4. The molecule has 2 nitrogen and oxygen atoms in total. The summed E-state index contributed by atoms with van der Waals surface area (Å²) in [7, 11) is 0. The average molecular weight is 281 g/mol. The lowest BCUT2D eigenvalue weighted by molar-refractivity contribution is 0.0455. The second-order valence-electron chi connectivity index (χ2n) is 4.56. The van der Waals surface area contributed by atoms with Gasteiger partial charge in [0.05, 0.1) is 6.10 Å². The molecule has 0 N–H and O–H groups in total. The maximum atomic E-state index is 5.45. The SMILES string of the molecule is C.C.C.CCC(C)OCC(C)C.CCCOCCC. The van der Waals surface area contributed by atoms with E-state index < -0.39 is 0 Å². The molecule has 0 aromatic carbocycles. The standard InChI is InChI=1S/C8H18O.C6H14O.3CH4/c1-5-8(4)9-6-7(2)3;1-3-5-7-6-4-2;;;/h7-8H,5-6H2,1-4H3;3-6H2,1-2H3;3*1H4. The van der Waals surface area contributed by atoms with Crippen LogP contribution in [-0.4, -0.2) is 25.9 Å². The molecule has 124 valence electrons. The minimum atomic E-state index is 0. The first-order chi connectivity index (χ1) is 7.58.